The van der Waals surface area contributed by atoms with Crippen LogP contribution >= 0.6 is 0 Å². The van der Waals surface area contributed by atoms with E-state index in [-0.39, 0.29) is 11.6 Å². The van der Waals surface area contributed by atoms with Crippen molar-refractivity contribution in [3.63, 3.8) is 0 Å². The monoisotopic (exact) mass is 277 g/mol. The van der Waals surface area contributed by atoms with Crippen molar-refractivity contribution in [3.8, 4) is 0 Å². The van der Waals surface area contributed by atoms with Crippen LogP contribution in [-0.4, -0.2) is 30.0 Å². The van der Waals surface area contributed by atoms with Crippen LogP contribution in [0.1, 0.15) is 35.2 Å². The van der Waals surface area contributed by atoms with Gasteiger partial charge in [-0.25, -0.2) is 0 Å². The van der Waals surface area contributed by atoms with E-state index in [0.29, 0.717) is 18.2 Å². The summed E-state index contributed by atoms with van der Waals surface area (Å²) in [5, 5.41) is 16.9. The standard InChI is InChI=1S/C14H19N3O3/c1-10-4-5-12(17(19)20)9-13(10)14(18)16-8-6-11-3-2-7-15-11/h4-5,9,11,15H,2-3,6-8H2,1H3,(H,16,18). The summed E-state index contributed by atoms with van der Waals surface area (Å²) in [6.07, 6.45) is 3.22. The highest BCUT2D eigenvalue weighted by Crippen LogP contribution is 2.17. The van der Waals surface area contributed by atoms with Crippen molar-refractivity contribution in [2.75, 3.05) is 13.1 Å². The van der Waals surface area contributed by atoms with E-state index in [1.54, 1.807) is 13.0 Å². The molecule has 1 amide bonds. The van der Waals surface area contributed by atoms with Crippen LogP contribution in [0, 0.1) is 17.0 Å². The number of benzene rings is 1. The van der Waals surface area contributed by atoms with Gasteiger partial charge in [0, 0.05) is 30.3 Å². The Bertz CT molecular complexity index is 510. The Kier molecular flexibility index (Phi) is 4.68. The third kappa shape index (κ3) is 3.54. The number of carbonyl (C=O) groups is 1. The van der Waals surface area contributed by atoms with Gasteiger partial charge in [-0.3, -0.25) is 14.9 Å². The molecule has 1 unspecified atom stereocenters. The van der Waals surface area contributed by atoms with E-state index < -0.39 is 4.92 Å². The maximum atomic E-state index is 12.1. The molecule has 1 aromatic rings. The normalized spacial score (nSPS) is 17.9. The van der Waals surface area contributed by atoms with E-state index in [9.17, 15) is 14.9 Å². The molecule has 6 nitrogen and oxygen atoms in total. The summed E-state index contributed by atoms with van der Waals surface area (Å²) in [7, 11) is 0. The number of hydrogen-bond donors (Lipinski definition) is 2. The van der Waals surface area contributed by atoms with Gasteiger partial charge in [0.05, 0.1) is 4.92 Å². The smallest absolute Gasteiger partial charge is 0.270 e. The average Bonchev–Trinajstić information content (AvgIpc) is 2.92. The van der Waals surface area contributed by atoms with Crippen LogP contribution < -0.4 is 10.6 Å². The van der Waals surface area contributed by atoms with Crippen LogP contribution in [0.25, 0.3) is 0 Å². The third-order valence-electron chi connectivity index (χ3n) is 3.62. The van der Waals surface area contributed by atoms with Crippen LogP contribution in [0.4, 0.5) is 5.69 Å². The van der Waals surface area contributed by atoms with Gasteiger partial charge in [0.2, 0.25) is 0 Å². The highest BCUT2D eigenvalue weighted by Gasteiger charge is 2.16. The Morgan fingerprint density at radius 2 is 2.35 bits per heavy atom. The number of nitrogens with one attached hydrogen (secondary N) is 2. The zero-order chi connectivity index (χ0) is 14.5. The van der Waals surface area contributed by atoms with Crippen LogP contribution in [0.15, 0.2) is 18.2 Å². The van der Waals surface area contributed by atoms with Crippen LogP contribution in [0.5, 0.6) is 0 Å². The maximum absolute atomic E-state index is 12.1. The van der Waals surface area contributed by atoms with Gasteiger partial charge in [-0.05, 0) is 38.3 Å². The molecular formula is C14H19N3O3. The third-order valence-corrected chi connectivity index (χ3v) is 3.62. The summed E-state index contributed by atoms with van der Waals surface area (Å²) in [6, 6.07) is 4.82. The number of nitro benzene ring substituents is 1. The number of carbonyl (C=O) groups excluding carboxylic acids is 1. The second kappa shape index (κ2) is 6.47. The van der Waals surface area contributed by atoms with E-state index in [1.807, 2.05) is 0 Å². The Morgan fingerprint density at radius 3 is 3.00 bits per heavy atom. The van der Waals surface area contributed by atoms with Gasteiger partial charge in [0.25, 0.3) is 11.6 Å². The minimum absolute atomic E-state index is 0.0572. The van der Waals surface area contributed by atoms with E-state index in [2.05, 4.69) is 10.6 Å². The predicted octanol–water partition coefficient (Wildman–Crippen LogP) is 1.78. The van der Waals surface area contributed by atoms with Gasteiger partial charge in [0.1, 0.15) is 0 Å². The number of nitrogens with zero attached hydrogens (tertiary/aromatic N) is 1. The van der Waals surface area contributed by atoms with Crippen LogP contribution in [-0.2, 0) is 0 Å². The largest absolute Gasteiger partial charge is 0.352 e. The van der Waals surface area contributed by atoms with Crippen molar-refractivity contribution in [2.24, 2.45) is 0 Å². The van der Waals surface area contributed by atoms with Crippen molar-refractivity contribution in [2.45, 2.75) is 32.2 Å². The number of nitro groups is 1. The molecular weight excluding hydrogens is 258 g/mol. The topological polar surface area (TPSA) is 84.3 Å². The second-order valence-electron chi connectivity index (χ2n) is 5.09. The lowest BCUT2D eigenvalue weighted by atomic mass is 10.1. The molecule has 1 aromatic carbocycles. The summed E-state index contributed by atoms with van der Waals surface area (Å²) < 4.78 is 0. The molecule has 0 saturated carbocycles. The molecule has 1 aliphatic heterocycles. The van der Waals surface area contributed by atoms with Crippen molar-refractivity contribution in [3.05, 3.63) is 39.4 Å². The molecule has 6 heteroatoms. The predicted molar refractivity (Wildman–Crippen MR) is 75.8 cm³/mol. The van der Waals surface area contributed by atoms with E-state index >= 15 is 0 Å². The second-order valence-corrected chi connectivity index (χ2v) is 5.09. The minimum atomic E-state index is -0.487. The number of rotatable bonds is 5. The zero-order valence-corrected chi connectivity index (χ0v) is 11.5. The number of amides is 1. The van der Waals surface area contributed by atoms with E-state index in [1.165, 1.54) is 18.6 Å². The Labute approximate surface area is 117 Å². The summed E-state index contributed by atoms with van der Waals surface area (Å²) >= 11 is 0. The molecule has 0 aromatic heterocycles. The molecule has 1 aliphatic rings. The number of hydrogen-bond acceptors (Lipinski definition) is 4. The fraction of sp³-hybridized carbons (Fsp3) is 0.500. The highest BCUT2D eigenvalue weighted by atomic mass is 16.6. The van der Waals surface area contributed by atoms with Gasteiger partial charge in [0.15, 0.2) is 0 Å². The number of aryl methyl sites for hydroxylation is 1. The number of non-ortho nitro benzene ring substituents is 1. The van der Waals surface area contributed by atoms with Crippen LogP contribution in [0.2, 0.25) is 0 Å². The molecule has 2 rings (SSSR count). The first-order chi connectivity index (χ1) is 9.58. The van der Waals surface area contributed by atoms with Crippen LogP contribution in [0.3, 0.4) is 0 Å². The molecule has 0 aliphatic carbocycles. The van der Waals surface area contributed by atoms with Gasteiger partial charge in [-0.15, -0.1) is 0 Å². The first-order valence-corrected chi connectivity index (χ1v) is 6.84. The van der Waals surface area contributed by atoms with Crippen molar-refractivity contribution >= 4 is 11.6 Å². The fourth-order valence-corrected chi connectivity index (χ4v) is 2.43. The van der Waals surface area contributed by atoms with E-state index in [4.69, 9.17) is 0 Å². The minimum Gasteiger partial charge on any atom is -0.352 e. The maximum Gasteiger partial charge on any atom is 0.270 e. The molecule has 2 N–H and O–H groups in total. The summed E-state index contributed by atoms with van der Waals surface area (Å²) in [5.41, 5.74) is 1.06. The molecule has 1 heterocycles. The van der Waals surface area contributed by atoms with Gasteiger partial charge in [-0.1, -0.05) is 6.07 Å². The van der Waals surface area contributed by atoms with Gasteiger partial charge < -0.3 is 10.6 Å². The summed E-state index contributed by atoms with van der Waals surface area (Å²) in [5.74, 6) is -0.246. The van der Waals surface area contributed by atoms with Crippen molar-refractivity contribution in [1.29, 1.82) is 0 Å². The molecule has 1 saturated heterocycles. The Balaban J connectivity index is 1.94. The van der Waals surface area contributed by atoms with Crippen molar-refractivity contribution in [1.82, 2.24) is 10.6 Å². The molecule has 0 spiro atoms. The molecule has 0 bridgehead atoms. The Hall–Kier alpha value is -1.95. The first-order valence-electron chi connectivity index (χ1n) is 6.84. The Morgan fingerprint density at radius 1 is 1.55 bits per heavy atom. The lowest BCUT2D eigenvalue weighted by Crippen LogP contribution is -2.30. The summed E-state index contributed by atoms with van der Waals surface area (Å²) in [4.78, 5) is 22.3. The first kappa shape index (κ1) is 14.5. The molecule has 1 atom stereocenters. The lowest BCUT2D eigenvalue weighted by molar-refractivity contribution is -0.384. The molecule has 0 radical (unpaired) electrons. The SMILES string of the molecule is Cc1ccc([N+](=O)[O-])cc1C(=O)NCCC1CCCN1. The van der Waals surface area contributed by atoms with E-state index in [0.717, 1.165) is 24.9 Å². The van der Waals surface area contributed by atoms with Crippen molar-refractivity contribution < 1.29 is 9.72 Å². The lowest BCUT2D eigenvalue weighted by Gasteiger charge is -2.11. The fourth-order valence-electron chi connectivity index (χ4n) is 2.43. The van der Waals surface area contributed by atoms with Gasteiger partial charge in [-0.2, -0.15) is 0 Å². The average molecular weight is 277 g/mol. The van der Waals surface area contributed by atoms with Gasteiger partial charge >= 0.3 is 0 Å². The molecule has 20 heavy (non-hydrogen) atoms. The zero-order valence-electron chi connectivity index (χ0n) is 11.5. The molecule has 108 valence electrons. The quantitative estimate of drug-likeness (QED) is 0.634. The highest BCUT2D eigenvalue weighted by molar-refractivity contribution is 5.96. The summed E-state index contributed by atoms with van der Waals surface area (Å²) in [6.45, 7) is 3.40. The molecule has 1 fully saturated rings.